The van der Waals surface area contributed by atoms with Crippen molar-refractivity contribution in [1.82, 2.24) is 10.6 Å². The van der Waals surface area contributed by atoms with E-state index in [0.29, 0.717) is 18.9 Å². The van der Waals surface area contributed by atoms with Crippen molar-refractivity contribution in [3.63, 3.8) is 0 Å². The molecule has 1 aromatic carbocycles. The van der Waals surface area contributed by atoms with Gasteiger partial charge in [-0.15, -0.1) is 0 Å². The first-order valence-corrected chi connectivity index (χ1v) is 8.51. The normalized spacial score (nSPS) is 19.8. The van der Waals surface area contributed by atoms with Crippen molar-refractivity contribution in [2.24, 2.45) is 11.8 Å². The number of nitrogens with one attached hydrogen (secondary N) is 2. The van der Waals surface area contributed by atoms with E-state index in [9.17, 15) is 18.0 Å². The van der Waals surface area contributed by atoms with Gasteiger partial charge in [-0.25, -0.2) is 0 Å². The molecule has 1 saturated heterocycles. The summed E-state index contributed by atoms with van der Waals surface area (Å²) in [6.07, 6.45) is -0.539. The zero-order chi connectivity index (χ0) is 17.6. The third kappa shape index (κ3) is 5.82. The zero-order valence-electron chi connectivity index (χ0n) is 14.0. The van der Waals surface area contributed by atoms with Gasteiger partial charge in [-0.2, -0.15) is 13.2 Å². The molecule has 0 spiro atoms. The number of amides is 1. The number of carbonyl (C=O) groups excluding carboxylic acids is 1. The Labute approximate surface area is 141 Å². The number of halogens is 3. The fraction of sp³-hybridized carbons (Fsp3) is 0.611. The molecule has 1 fully saturated rings. The van der Waals surface area contributed by atoms with E-state index in [0.717, 1.165) is 37.2 Å². The minimum absolute atomic E-state index is 0.0429. The number of hydrogen-bond donors (Lipinski definition) is 2. The molecule has 0 radical (unpaired) electrons. The quantitative estimate of drug-likeness (QED) is 0.832. The minimum atomic E-state index is -4.32. The van der Waals surface area contributed by atoms with Gasteiger partial charge in [0.2, 0.25) is 5.91 Å². The van der Waals surface area contributed by atoms with Crippen LogP contribution >= 0.6 is 0 Å². The molecule has 134 valence electrons. The van der Waals surface area contributed by atoms with Crippen LogP contribution in [0.3, 0.4) is 0 Å². The van der Waals surface area contributed by atoms with Gasteiger partial charge < -0.3 is 10.6 Å². The second kappa shape index (κ2) is 8.51. The van der Waals surface area contributed by atoms with Crippen LogP contribution < -0.4 is 10.6 Å². The molecule has 0 bridgehead atoms. The molecule has 1 aliphatic rings. The SMILES string of the molecule is CC(Cc1ccc(C(F)(F)F)cc1)C(=O)NCCC1CCCNC1. The highest BCUT2D eigenvalue weighted by Gasteiger charge is 2.30. The highest BCUT2D eigenvalue weighted by molar-refractivity contribution is 5.78. The predicted octanol–water partition coefficient (Wildman–Crippen LogP) is 3.39. The van der Waals surface area contributed by atoms with Crippen molar-refractivity contribution in [3.8, 4) is 0 Å². The van der Waals surface area contributed by atoms with Crippen LogP contribution in [0.25, 0.3) is 0 Å². The molecule has 2 atom stereocenters. The molecule has 1 amide bonds. The third-order valence-corrected chi connectivity index (χ3v) is 4.52. The molecule has 1 aliphatic heterocycles. The van der Waals surface area contributed by atoms with Gasteiger partial charge in [0.15, 0.2) is 0 Å². The summed E-state index contributed by atoms with van der Waals surface area (Å²) < 4.78 is 37.6. The van der Waals surface area contributed by atoms with E-state index in [4.69, 9.17) is 0 Å². The first kappa shape index (κ1) is 18.8. The highest BCUT2D eigenvalue weighted by atomic mass is 19.4. The molecule has 0 saturated carbocycles. The van der Waals surface area contributed by atoms with Crippen molar-refractivity contribution < 1.29 is 18.0 Å². The summed E-state index contributed by atoms with van der Waals surface area (Å²) in [6, 6.07) is 5.02. The van der Waals surface area contributed by atoms with Gasteiger partial charge in [0, 0.05) is 12.5 Å². The molecule has 6 heteroatoms. The van der Waals surface area contributed by atoms with Crippen molar-refractivity contribution in [2.45, 2.75) is 38.8 Å². The maximum absolute atomic E-state index is 12.5. The minimum Gasteiger partial charge on any atom is -0.356 e. The number of piperidine rings is 1. The van der Waals surface area contributed by atoms with E-state index in [2.05, 4.69) is 10.6 Å². The van der Waals surface area contributed by atoms with E-state index in [1.807, 2.05) is 0 Å². The van der Waals surface area contributed by atoms with Crippen LogP contribution in [0.15, 0.2) is 24.3 Å². The van der Waals surface area contributed by atoms with Crippen LogP contribution in [0, 0.1) is 11.8 Å². The number of rotatable bonds is 6. The summed E-state index contributed by atoms with van der Waals surface area (Å²) in [4.78, 5) is 12.1. The Hall–Kier alpha value is -1.56. The lowest BCUT2D eigenvalue weighted by molar-refractivity contribution is -0.137. The van der Waals surface area contributed by atoms with Crippen LogP contribution in [0.1, 0.15) is 37.3 Å². The van der Waals surface area contributed by atoms with Gasteiger partial charge in [-0.05, 0) is 62.4 Å². The van der Waals surface area contributed by atoms with Crippen LogP contribution in [0.4, 0.5) is 13.2 Å². The number of alkyl halides is 3. The summed E-state index contributed by atoms with van der Waals surface area (Å²) in [5, 5.41) is 6.29. The molecular formula is C18H25F3N2O. The fourth-order valence-electron chi connectivity index (χ4n) is 3.02. The summed E-state index contributed by atoms with van der Waals surface area (Å²) >= 11 is 0. The molecule has 2 N–H and O–H groups in total. The van der Waals surface area contributed by atoms with Gasteiger partial charge in [0.1, 0.15) is 0 Å². The fourth-order valence-corrected chi connectivity index (χ4v) is 3.02. The predicted molar refractivity (Wildman–Crippen MR) is 87.5 cm³/mol. The van der Waals surface area contributed by atoms with E-state index >= 15 is 0 Å². The van der Waals surface area contributed by atoms with Crippen molar-refractivity contribution in [3.05, 3.63) is 35.4 Å². The zero-order valence-corrected chi connectivity index (χ0v) is 14.0. The number of carbonyl (C=O) groups is 1. The smallest absolute Gasteiger partial charge is 0.356 e. The average molecular weight is 342 g/mol. The summed E-state index contributed by atoms with van der Waals surface area (Å²) in [5.41, 5.74) is 0.0755. The lowest BCUT2D eigenvalue weighted by Gasteiger charge is -2.23. The molecule has 1 heterocycles. The highest BCUT2D eigenvalue weighted by Crippen LogP contribution is 2.29. The topological polar surface area (TPSA) is 41.1 Å². The van der Waals surface area contributed by atoms with E-state index < -0.39 is 11.7 Å². The molecule has 24 heavy (non-hydrogen) atoms. The standard InChI is InChI=1S/C18H25F3N2O/c1-13(11-14-4-6-16(7-5-14)18(19,20)21)17(24)23-10-8-15-3-2-9-22-12-15/h4-7,13,15,22H,2-3,8-12H2,1H3,(H,23,24). The monoisotopic (exact) mass is 342 g/mol. The Kier molecular flexibility index (Phi) is 6.66. The number of hydrogen-bond acceptors (Lipinski definition) is 2. The van der Waals surface area contributed by atoms with Gasteiger partial charge in [-0.3, -0.25) is 4.79 Å². The molecule has 1 aromatic rings. The Morgan fingerprint density at radius 2 is 2.04 bits per heavy atom. The van der Waals surface area contributed by atoms with Crippen LogP contribution in [0.5, 0.6) is 0 Å². The van der Waals surface area contributed by atoms with Crippen LogP contribution in [-0.2, 0) is 17.4 Å². The Bertz CT molecular complexity index is 522. The van der Waals surface area contributed by atoms with Crippen LogP contribution in [0.2, 0.25) is 0 Å². The molecule has 2 unspecified atom stereocenters. The largest absolute Gasteiger partial charge is 0.416 e. The summed E-state index contributed by atoms with van der Waals surface area (Å²) in [7, 11) is 0. The Morgan fingerprint density at radius 1 is 1.33 bits per heavy atom. The third-order valence-electron chi connectivity index (χ3n) is 4.52. The molecule has 0 aliphatic carbocycles. The summed E-state index contributed by atoms with van der Waals surface area (Å²) in [5.74, 6) is 0.314. The Morgan fingerprint density at radius 3 is 2.62 bits per heavy atom. The van der Waals surface area contributed by atoms with Gasteiger partial charge in [0.25, 0.3) is 0 Å². The molecule has 0 aromatic heterocycles. The van der Waals surface area contributed by atoms with Crippen molar-refractivity contribution >= 4 is 5.91 Å². The second-order valence-corrected chi connectivity index (χ2v) is 6.59. The first-order chi connectivity index (χ1) is 11.4. The second-order valence-electron chi connectivity index (χ2n) is 6.59. The van der Waals surface area contributed by atoms with E-state index in [1.54, 1.807) is 6.92 Å². The van der Waals surface area contributed by atoms with Gasteiger partial charge in [0.05, 0.1) is 5.56 Å². The molecular weight excluding hydrogens is 317 g/mol. The molecule has 2 rings (SSSR count). The maximum atomic E-state index is 12.5. The first-order valence-electron chi connectivity index (χ1n) is 8.51. The van der Waals surface area contributed by atoms with Crippen LogP contribution in [-0.4, -0.2) is 25.5 Å². The van der Waals surface area contributed by atoms with Gasteiger partial charge in [-0.1, -0.05) is 19.1 Å². The molecule has 3 nitrogen and oxygen atoms in total. The Balaban J connectivity index is 1.74. The lowest BCUT2D eigenvalue weighted by Crippen LogP contribution is -2.35. The van der Waals surface area contributed by atoms with E-state index in [1.165, 1.54) is 25.0 Å². The maximum Gasteiger partial charge on any atom is 0.416 e. The summed E-state index contributed by atoms with van der Waals surface area (Å²) in [6.45, 7) is 4.54. The van der Waals surface area contributed by atoms with Crippen molar-refractivity contribution in [1.29, 1.82) is 0 Å². The average Bonchev–Trinajstić information content (AvgIpc) is 2.55. The van der Waals surface area contributed by atoms with Crippen molar-refractivity contribution in [2.75, 3.05) is 19.6 Å². The number of benzene rings is 1. The lowest BCUT2D eigenvalue weighted by atomic mass is 9.96. The van der Waals surface area contributed by atoms with Gasteiger partial charge >= 0.3 is 6.18 Å². The van der Waals surface area contributed by atoms with E-state index in [-0.39, 0.29) is 11.8 Å².